The van der Waals surface area contributed by atoms with Gasteiger partial charge in [0.25, 0.3) is 5.89 Å². The summed E-state index contributed by atoms with van der Waals surface area (Å²) in [5.74, 6) is 0.654. The van der Waals surface area contributed by atoms with E-state index in [1.807, 2.05) is 6.92 Å². The normalized spacial score (nSPS) is 17.9. The molecule has 20 heavy (non-hydrogen) atoms. The average molecular weight is 277 g/mol. The van der Waals surface area contributed by atoms with Crippen LogP contribution >= 0.6 is 0 Å². The van der Waals surface area contributed by atoms with Gasteiger partial charge in [0.1, 0.15) is 5.82 Å². The molecule has 1 aromatic carbocycles. The van der Waals surface area contributed by atoms with E-state index in [2.05, 4.69) is 15.0 Å². The Labute approximate surface area is 116 Å². The minimum Gasteiger partial charge on any atom is -0.387 e. The first-order chi connectivity index (χ1) is 9.58. The summed E-state index contributed by atoms with van der Waals surface area (Å²) < 4.78 is 18.0. The predicted molar refractivity (Wildman–Crippen MR) is 70.2 cm³/mol. The first-order valence-corrected chi connectivity index (χ1v) is 6.61. The van der Waals surface area contributed by atoms with E-state index < -0.39 is 5.60 Å². The van der Waals surface area contributed by atoms with Crippen LogP contribution < -0.4 is 0 Å². The van der Waals surface area contributed by atoms with Crippen LogP contribution in [0.15, 0.2) is 28.8 Å². The smallest absolute Gasteiger partial charge is 0.257 e. The van der Waals surface area contributed by atoms with Crippen molar-refractivity contribution in [3.05, 3.63) is 35.9 Å². The molecule has 2 heterocycles. The van der Waals surface area contributed by atoms with Crippen LogP contribution in [0.1, 0.15) is 19.2 Å². The predicted octanol–water partition coefficient (Wildman–Crippen LogP) is 1.83. The van der Waals surface area contributed by atoms with Crippen LogP contribution in [-0.4, -0.2) is 38.8 Å². The first kappa shape index (κ1) is 13.2. The van der Waals surface area contributed by atoms with E-state index in [9.17, 15) is 9.50 Å². The van der Waals surface area contributed by atoms with Crippen molar-refractivity contribution in [2.75, 3.05) is 13.1 Å². The van der Waals surface area contributed by atoms with Crippen molar-refractivity contribution < 1.29 is 14.0 Å². The summed E-state index contributed by atoms with van der Waals surface area (Å²) in [4.78, 5) is 6.34. The van der Waals surface area contributed by atoms with Gasteiger partial charge in [0.15, 0.2) is 5.82 Å². The number of rotatable bonds is 4. The molecule has 1 saturated heterocycles. The standard InChI is InChI=1S/C14H16FN3O2/c1-2-14(19)8-18(9-14)7-12-16-13(20-17-12)10-3-5-11(15)6-4-10/h3-6,19H,2,7-9H2,1H3. The molecule has 0 bridgehead atoms. The Balaban J connectivity index is 1.64. The zero-order valence-electron chi connectivity index (χ0n) is 11.2. The summed E-state index contributed by atoms with van der Waals surface area (Å²) in [5.41, 5.74) is 0.127. The van der Waals surface area contributed by atoms with Gasteiger partial charge in [-0.15, -0.1) is 0 Å². The fourth-order valence-electron chi connectivity index (χ4n) is 2.35. The Morgan fingerprint density at radius 1 is 1.35 bits per heavy atom. The summed E-state index contributed by atoms with van der Waals surface area (Å²) in [6, 6.07) is 5.92. The third-order valence-electron chi connectivity index (χ3n) is 3.62. The summed E-state index contributed by atoms with van der Waals surface area (Å²) in [6.07, 6.45) is 0.747. The number of hydrogen-bond donors (Lipinski definition) is 1. The Morgan fingerprint density at radius 3 is 2.70 bits per heavy atom. The number of benzene rings is 1. The summed E-state index contributed by atoms with van der Waals surface area (Å²) in [6.45, 7) is 3.78. The van der Waals surface area contributed by atoms with E-state index >= 15 is 0 Å². The van der Waals surface area contributed by atoms with Crippen molar-refractivity contribution in [1.29, 1.82) is 0 Å². The third-order valence-corrected chi connectivity index (χ3v) is 3.62. The van der Waals surface area contributed by atoms with Crippen molar-refractivity contribution in [1.82, 2.24) is 15.0 Å². The second-order valence-electron chi connectivity index (χ2n) is 5.25. The van der Waals surface area contributed by atoms with E-state index in [1.54, 1.807) is 12.1 Å². The van der Waals surface area contributed by atoms with E-state index in [0.717, 1.165) is 6.42 Å². The summed E-state index contributed by atoms with van der Waals surface area (Å²) in [5, 5.41) is 13.8. The second-order valence-corrected chi connectivity index (χ2v) is 5.25. The van der Waals surface area contributed by atoms with Gasteiger partial charge in [-0.2, -0.15) is 4.98 Å². The molecule has 1 aliphatic rings. The number of nitrogens with zero attached hydrogens (tertiary/aromatic N) is 3. The van der Waals surface area contributed by atoms with Gasteiger partial charge in [0, 0.05) is 18.7 Å². The number of aliphatic hydroxyl groups is 1. The Morgan fingerprint density at radius 2 is 2.05 bits per heavy atom. The molecule has 0 radical (unpaired) electrons. The Kier molecular flexibility index (Phi) is 3.27. The number of β-amino-alcohol motifs (C(OH)–C–C–N with tert-alkyl or cyclic N) is 1. The highest BCUT2D eigenvalue weighted by atomic mass is 19.1. The Bertz CT molecular complexity index is 591. The fourth-order valence-corrected chi connectivity index (χ4v) is 2.35. The highest BCUT2D eigenvalue weighted by Crippen LogP contribution is 2.25. The molecule has 0 spiro atoms. The molecule has 5 nitrogen and oxygen atoms in total. The van der Waals surface area contributed by atoms with Crippen LogP contribution in [0.25, 0.3) is 11.5 Å². The van der Waals surface area contributed by atoms with E-state index in [4.69, 9.17) is 4.52 Å². The molecule has 3 rings (SSSR count). The van der Waals surface area contributed by atoms with Crippen molar-refractivity contribution >= 4 is 0 Å². The van der Waals surface area contributed by atoms with E-state index in [-0.39, 0.29) is 5.82 Å². The van der Waals surface area contributed by atoms with Crippen LogP contribution in [0.4, 0.5) is 4.39 Å². The van der Waals surface area contributed by atoms with Gasteiger partial charge in [0.2, 0.25) is 0 Å². The monoisotopic (exact) mass is 277 g/mol. The maximum absolute atomic E-state index is 12.8. The van der Waals surface area contributed by atoms with Gasteiger partial charge in [-0.25, -0.2) is 4.39 Å². The van der Waals surface area contributed by atoms with Gasteiger partial charge in [-0.3, -0.25) is 4.90 Å². The van der Waals surface area contributed by atoms with Gasteiger partial charge < -0.3 is 9.63 Å². The van der Waals surface area contributed by atoms with Crippen LogP contribution in [0.5, 0.6) is 0 Å². The zero-order valence-corrected chi connectivity index (χ0v) is 11.2. The van der Waals surface area contributed by atoms with Crippen molar-refractivity contribution in [2.45, 2.75) is 25.5 Å². The molecule has 1 aliphatic heterocycles. The SMILES string of the molecule is CCC1(O)CN(Cc2noc(-c3ccc(F)cc3)n2)C1. The molecule has 2 aromatic rings. The average Bonchev–Trinajstić information content (AvgIpc) is 2.86. The molecule has 0 amide bonds. The largest absolute Gasteiger partial charge is 0.387 e. The van der Waals surface area contributed by atoms with Crippen LogP contribution in [0.2, 0.25) is 0 Å². The first-order valence-electron chi connectivity index (χ1n) is 6.61. The maximum Gasteiger partial charge on any atom is 0.257 e. The van der Waals surface area contributed by atoms with Crippen LogP contribution in [0, 0.1) is 5.82 Å². The molecule has 0 atom stereocenters. The van der Waals surface area contributed by atoms with Gasteiger partial charge in [-0.05, 0) is 30.7 Å². The van der Waals surface area contributed by atoms with Crippen LogP contribution in [0.3, 0.4) is 0 Å². The lowest BCUT2D eigenvalue weighted by Crippen LogP contribution is -2.60. The lowest BCUT2D eigenvalue weighted by molar-refractivity contribution is -0.104. The number of likely N-dealkylation sites (tertiary alicyclic amines) is 1. The molecule has 1 fully saturated rings. The molecule has 0 aliphatic carbocycles. The van der Waals surface area contributed by atoms with Crippen molar-refractivity contribution in [3.8, 4) is 11.5 Å². The summed E-state index contributed by atoms with van der Waals surface area (Å²) in [7, 11) is 0. The molecule has 1 N–H and O–H groups in total. The van der Waals surface area contributed by atoms with E-state index in [0.29, 0.717) is 36.9 Å². The van der Waals surface area contributed by atoms with E-state index in [1.165, 1.54) is 12.1 Å². The van der Waals surface area contributed by atoms with Gasteiger partial charge in [0.05, 0.1) is 12.1 Å². The lowest BCUT2D eigenvalue weighted by Gasteiger charge is -2.45. The summed E-state index contributed by atoms with van der Waals surface area (Å²) >= 11 is 0. The fraction of sp³-hybridized carbons (Fsp3) is 0.429. The molecular formula is C14H16FN3O2. The number of hydrogen-bond acceptors (Lipinski definition) is 5. The Hall–Kier alpha value is -1.79. The van der Waals surface area contributed by atoms with Crippen LogP contribution in [-0.2, 0) is 6.54 Å². The minimum atomic E-state index is -0.566. The minimum absolute atomic E-state index is 0.298. The molecule has 0 unspecified atom stereocenters. The van der Waals surface area contributed by atoms with Crippen molar-refractivity contribution in [2.24, 2.45) is 0 Å². The quantitative estimate of drug-likeness (QED) is 0.923. The van der Waals surface area contributed by atoms with Crippen molar-refractivity contribution in [3.63, 3.8) is 0 Å². The molecule has 6 heteroatoms. The van der Waals surface area contributed by atoms with Gasteiger partial charge in [-0.1, -0.05) is 12.1 Å². The number of halogens is 1. The zero-order chi connectivity index (χ0) is 14.2. The molecule has 0 saturated carbocycles. The third kappa shape index (κ3) is 2.57. The topological polar surface area (TPSA) is 62.4 Å². The number of aromatic nitrogens is 2. The lowest BCUT2D eigenvalue weighted by atomic mass is 9.91. The van der Waals surface area contributed by atoms with Gasteiger partial charge >= 0.3 is 0 Å². The highest BCUT2D eigenvalue weighted by molar-refractivity contribution is 5.52. The molecule has 1 aromatic heterocycles. The maximum atomic E-state index is 12.8. The highest BCUT2D eigenvalue weighted by Gasteiger charge is 2.39. The second kappa shape index (κ2) is 4.96. The molecule has 106 valence electrons. The molecular weight excluding hydrogens is 261 g/mol.